The largest absolute Gasteiger partial charge is 0.465 e. The molecule has 0 unspecified atom stereocenters. The van der Waals surface area contributed by atoms with Gasteiger partial charge in [0.05, 0.1) is 13.2 Å². The number of carbonyl (C=O) groups excluding carboxylic acids is 2. The summed E-state index contributed by atoms with van der Waals surface area (Å²) < 4.78 is 9.26. The smallest absolute Gasteiger partial charge is 0.320 e. The minimum absolute atomic E-state index is 0. The zero-order valence-corrected chi connectivity index (χ0v) is 10.6. The molecule has 4 nitrogen and oxygen atoms in total. The predicted octanol–water partition coefficient (Wildman–Crippen LogP) is 0.368. The van der Waals surface area contributed by atoms with Gasteiger partial charge < -0.3 is 9.47 Å². The molecule has 0 saturated heterocycles. The van der Waals surface area contributed by atoms with Gasteiger partial charge in [-0.3, -0.25) is 9.59 Å². The van der Waals surface area contributed by atoms with Crippen LogP contribution >= 0.6 is 0 Å². The van der Waals surface area contributed by atoms with Gasteiger partial charge in [0.15, 0.2) is 5.92 Å². The molecule has 0 aromatic rings. The third-order valence-electron chi connectivity index (χ3n) is 1.28. The molecule has 13 heavy (non-hydrogen) atoms. The van der Waals surface area contributed by atoms with Crippen molar-refractivity contribution in [3.05, 3.63) is 0 Å². The van der Waals surface area contributed by atoms with Crippen LogP contribution in [0.1, 0.15) is 20.8 Å². The second-order valence-corrected chi connectivity index (χ2v) is 2.23. The summed E-state index contributed by atoms with van der Waals surface area (Å²) >= 11 is 0. The summed E-state index contributed by atoms with van der Waals surface area (Å²) in [4.78, 5) is 21.9. The Morgan fingerprint density at radius 3 is 1.62 bits per heavy atom. The Kier molecular flexibility index (Phi) is 10.1. The van der Waals surface area contributed by atoms with E-state index >= 15 is 0 Å². The van der Waals surface area contributed by atoms with Crippen LogP contribution in [0.25, 0.3) is 0 Å². The minimum atomic E-state index is -0.815. The summed E-state index contributed by atoms with van der Waals surface area (Å²) in [7, 11) is 0. The first-order valence-corrected chi connectivity index (χ1v) is 3.96. The molecule has 0 aliphatic carbocycles. The van der Waals surface area contributed by atoms with E-state index in [0.717, 1.165) is 0 Å². The maximum absolute atomic E-state index is 10.9. The fraction of sp³-hybridized carbons (Fsp3) is 0.750. The molecular weight excluding hydrogens is 183 g/mol. The van der Waals surface area contributed by atoms with Gasteiger partial charge in [0.1, 0.15) is 0 Å². The van der Waals surface area contributed by atoms with Crippen molar-refractivity contribution in [3.8, 4) is 0 Å². The Morgan fingerprint density at radius 1 is 1.08 bits per heavy atom. The van der Waals surface area contributed by atoms with E-state index in [4.69, 9.17) is 0 Å². The molecule has 0 heterocycles. The fourth-order valence-corrected chi connectivity index (χ4v) is 0.631. The fourth-order valence-electron chi connectivity index (χ4n) is 0.631. The van der Waals surface area contributed by atoms with Crippen molar-refractivity contribution in [1.29, 1.82) is 0 Å². The standard InChI is InChI=1S/C8H14O4.Na/c1-4-11-7(9)6(3)8(10)12-5-2;/h6H,4-5H2,1-3H3;. The van der Waals surface area contributed by atoms with Gasteiger partial charge in [0.2, 0.25) is 0 Å². The van der Waals surface area contributed by atoms with Crippen LogP contribution in [0.4, 0.5) is 0 Å². The van der Waals surface area contributed by atoms with Crippen LogP contribution in [0.5, 0.6) is 0 Å². The maximum Gasteiger partial charge on any atom is 0.320 e. The van der Waals surface area contributed by atoms with E-state index in [1.165, 1.54) is 6.92 Å². The average molecular weight is 197 g/mol. The molecule has 0 aliphatic rings. The third-order valence-corrected chi connectivity index (χ3v) is 1.28. The molecule has 0 aliphatic heterocycles. The molecular formula is C8H14NaO4. The van der Waals surface area contributed by atoms with E-state index in [2.05, 4.69) is 9.47 Å². The third kappa shape index (κ3) is 6.07. The maximum atomic E-state index is 10.9. The second-order valence-electron chi connectivity index (χ2n) is 2.23. The molecule has 0 fully saturated rings. The zero-order chi connectivity index (χ0) is 9.56. The van der Waals surface area contributed by atoms with Crippen molar-refractivity contribution < 1.29 is 19.1 Å². The van der Waals surface area contributed by atoms with Crippen molar-refractivity contribution in [2.24, 2.45) is 5.92 Å². The molecule has 71 valence electrons. The van der Waals surface area contributed by atoms with Gasteiger partial charge in [-0.25, -0.2) is 0 Å². The number of carbonyl (C=O) groups is 2. The van der Waals surface area contributed by atoms with E-state index in [1.807, 2.05) is 0 Å². The topological polar surface area (TPSA) is 52.6 Å². The van der Waals surface area contributed by atoms with Crippen LogP contribution in [0.15, 0.2) is 0 Å². The number of ether oxygens (including phenoxy) is 2. The van der Waals surface area contributed by atoms with E-state index < -0.39 is 17.9 Å². The molecule has 0 spiro atoms. The molecule has 0 saturated carbocycles. The van der Waals surface area contributed by atoms with E-state index in [-0.39, 0.29) is 42.8 Å². The summed E-state index contributed by atoms with van der Waals surface area (Å²) in [5.41, 5.74) is 0. The molecule has 0 N–H and O–H groups in total. The van der Waals surface area contributed by atoms with Crippen LogP contribution in [-0.2, 0) is 19.1 Å². The Labute approximate surface area is 100 Å². The molecule has 1 radical (unpaired) electrons. The van der Waals surface area contributed by atoms with Gasteiger partial charge in [0, 0.05) is 29.6 Å². The molecule has 0 amide bonds. The summed E-state index contributed by atoms with van der Waals surface area (Å²) in [5, 5.41) is 0. The van der Waals surface area contributed by atoms with Crippen LogP contribution in [0.3, 0.4) is 0 Å². The Morgan fingerprint density at radius 2 is 1.38 bits per heavy atom. The SMILES string of the molecule is CCOC(=O)C(C)C(=O)OCC.[Na]. The molecule has 0 bridgehead atoms. The predicted molar refractivity (Wildman–Crippen MR) is 48.2 cm³/mol. The number of rotatable bonds is 4. The number of esters is 2. The van der Waals surface area contributed by atoms with Crippen LogP contribution < -0.4 is 0 Å². The van der Waals surface area contributed by atoms with Gasteiger partial charge in [-0.05, 0) is 20.8 Å². The Bertz CT molecular complexity index is 152. The van der Waals surface area contributed by atoms with Crippen LogP contribution in [-0.4, -0.2) is 54.7 Å². The van der Waals surface area contributed by atoms with Gasteiger partial charge >= 0.3 is 11.9 Å². The molecule has 5 heteroatoms. The van der Waals surface area contributed by atoms with E-state index in [9.17, 15) is 9.59 Å². The van der Waals surface area contributed by atoms with Crippen molar-refractivity contribution in [2.75, 3.05) is 13.2 Å². The molecule has 0 aromatic carbocycles. The van der Waals surface area contributed by atoms with E-state index in [0.29, 0.717) is 0 Å². The van der Waals surface area contributed by atoms with Crippen molar-refractivity contribution >= 4 is 41.5 Å². The molecule has 0 rings (SSSR count). The summed E-state index contributed by atoms with van der Waals surface area (Å²) in [6.07, 6.45) is 0. The summed E-state index contributed by atoms with van der Waals surface area (Å²) in [6, 6.07) is 0. The monoisotopic (exact) mass is 197 g/mol. The second kappa shape index (κ2) is 8.53. The summed E-state index contributed by atoms with van der Waals surface area (Å²) in [5.74, 6) is -1.88. The van der Waals surface area contributed by atoms with Crippen molar-refractivity contribution in [2.45, 2.75) is 20.8 Å². The normalized spacial score (nSPS) is 8.92. The van der Waals surface area contributed by atoms with Crippen molar-refractivity contribution in [1.82, 2.24) is 0 Å². The van der Waals surface area contributed by atoms with Gasteiger partial charge in [-0.15, -0.1) is 0 Å². The number of hydrogen-bond donors (Lipinski definition) is 0. The van der Waals surface area contributed by atoms with Crippen LogP contribution in [0.2, 0.25) is 0 Å². The van der Waals surface area contributed by atoms with Gasteiger partial charge in [-0.1, -0.05) is 0 Å². The number of hydrogen-bond acceptors (Lipinski definition) is 4. The first kappa shape index (κ1) is 15.4. The zero-order valence-electron chi connectivity index (χ0n) is 8.62. The van der Waals surface area contributed by atoms with Gasteiger partial charge in [-0.2, -0.15) is 0 Å². The quantitative estimate of drug-likeness (QED) is 0.371. The Balaban J connectivity index is 0. The summed E-state index contributed by atoms with van der Waals surface area (Å²) in [6.45, 7) is 5.41. The van der Waals surface area contributed by atoms with E-state index in [1.54, 1.807) is 13.8 Å². The Hall–Kier alpha value is -0.0600. The minimum Gasteiger partial charge on any atom is -0.465 e. The van der Waals surface area contributed by atoms with Crippen LogP contribution in [0, 0.1) is 5.92 Å². The van der Waals surface area contributed by atoms with Crippen molar-refractivity contribution in [3.63, 3.8) is 0 Å². The molecule has 0 aromatic heterocycles. The van der Waals surface area contributed by atoms with Gasteiger partial charge in [0.25, 0.3) is 0 Å². The first-order chi connectivity index (χ1) is 5.63. The average Bonchev–Trinajstić information content (AvgIpc) is 2.04. The molecule has 0 atom stereocenters. The first-order valence-electron chi connectivity index (χ1n) is 3.96.